The van der Waals surface area contributed by atoms with Crippen LogP contribution in [0, 0.1) is 5.41 Å². The van der Waals surface area contributed by atoms with Crippen LogP contribution in [0.15, 0.2) is 30.3 Å². The van der Waals surface area contributed by atoms with E-state index >= 15 is 0 Å². The standard InChI is InChI=1S/C16H24N2O2.ClH/c1-20-12-16(8-5-9-16)11-18-15(19)10-14(17)13-6-3-2-4-7-13;/h2-4,6-7,14H,5,8-12,17H2,1H3,(H,18,19);1H. The highest BCUT2D eigenvalue weighted by Gasteiger charge is 2.37. The van der Waals surface area contributed by atoms with Gasteiger partial charge in [0.15, 0.2) is 0 Å². The summed E-state index contributed by atoms with van der Waals surface area (Å²) in [6, 6.07) is 9.49. The summed E-state index contributed by atoms with van der Waals surface area (Å²) in [5.41, 5.74) is 7.21. The van der Waals surface area contributed by atoms with Gasteiger partial charge < -0.3 is 15.8 Å². The fourth-order valence-electron chi connectivity index (χ4n) is 2.73. The van der Waals surface area contributed by atoms with E-state index in [4.69, 9.17) is 10.5 Å². The number of carbonyl (C=O) groups is 1. The topological polar surface area (TPSA) is 64.3 Å². The van der Waals surface area contributed by atoms with E-state index in [-0.39, 0.29) is 29.8 Å². The Hall–Kier alpha value is -1.10. The van der Waals surface area contributed by atoms with Crippen LogP contribution in [-0.2, 0) is 9.53 Å². The molecule has 0 saturated heterocycles. The Morgan fingerprint density at radius 2 is 2.05 bits per heavy atom. The van der Waals surface area contributed by atoms with E-state index in [9.17, 15) is 4.79 Å². The molecule has 1 unspecified atom stereocenters. The molecule has 1 aliphatic carbocycles. The second-order valence-corrected chi connectivity index (χ2v) is 5.78. The Bertz CT molecular complexity index is 435. The molecule has 0 spiro atoms. The number of methoxy groups -OCH3 is 1. The van der Waals surface area contributed by atoms with Crippen molar-refractivity contribution in [3.8, 4) is 0 Å². The van der Waals surface area contributed by atoms with Crippen LogP contribution in [0.3, 0.4) is 0 Å². The molecule has 3 N–H and O–H groups in total. The Morgan fingerprint density at radius 3 is 2.57 bits per heavy atom. The highest BCUT2D eigenvalue weighted by atomic mass is 35.5. The van der Waals surface area contributed by atoms with Crippen molar-refractivity contribution in [3.05, 3.63) is 35.9 Å². The summed E-state index contributed by atoms with van der Waals surface area (Å²) in [4.78, 5) is 12.0. The zero-order valence-electron chi connectivity index (χ0n) is 12.5. The molecule has 118 valence electrons. The number of amides is 1. The first-order valence-corrected chi connectivity index (χ1v) is 7.21. The van der Waals surface area contributed by atoms with Crippen molar-refractivity contribution in [2.75, 3.05) is 20.3 Å². The molecule has 0 radical (unpaired) electrons. The van der Waals surface area contributed by atoms with Gasteiger partial charge in [-0.25, -0.2) is 0 Å². The average molecular weight is 313 g/mol. The summed E-state index contributed by atoms with van der Waals surface area (Å²) < 4.78 is 5.26. The van der Waals surface area contributed by atoms with Crippen LogP contribution in [0.5, 0.6) is 0 Å². The van der Waals surface area contributed by atoms with Crippen LogP contribution in [0.2, 0.25) is 0 Å². The number of carbonyl (C=O) groups excluding carboxylic acids is 1. The molecule has 1 aromatic rings. The molecule has 4 nitrogen and oxygen atoms in total. The van der Waals surface area contributed by atoms with Crippen molar-refractivity contribution in [2.45, 2.75) is 31.7 Å². The van der Waals surface area contributed by atoms with Gasteiger partial charge in [0.2, 0.25) is 5.91 Å². The number of halogens is 1. The first kappa shape index (κ1) is 18.0. The van der Waals surface area contributed by atoms with E-state index in [0.717, 1.165) is 25.0 Å². The van der Waals surface area contributed by atoms with E-state index in [1.165, 1.54) is 6.42 Å². The minimum absolute atomic E-state index is 0. The van der Waals surface area contributed by atoms with Crippen molar-refractivity contribution in [1.82, 2.24) is 5.32 Å². The number of nitrogens with two attached hydrogens (primary N) is 1. The molecule has 1 atom stereocenters. The molecule has 2 rings (SSSR count). The first-order valence-electron chi connectivity index (χ1n) is 7.21. The molecule has 1 fully saturated rings. The van der Waals surface area contributed by atoms with Gasteiger partial charge in [-0.1, -0.05) is 36.8 Å². The van der Waals surface area contributed by atoms with Gasteiger partial charge in [0.1, 0.15) is 0 Å². The van der Waals surface area contributed by atoms with Crippen LogP contribution < -0.4 is 11.1 Å². The van der Waals surface area contributed by atoms with Crippen molar-refractivity contribution in [2.24, 2.45) is 11.1 Å². The highest BCUT2D eigenvalue weighted by Crippen LogP contribution is 2.40. The van der Waals surface area contributed by atoms with Crippen molar-refractivity contribution < 1.29 is 9.53 Å². The molecule has 21 heavy (non-hydrogen) atoms. The fraction of sp³-hybridized carbons (Fsp3) is 0.562. The molecular weight excluding hydrogens is 288 g/mol. The van der Waals surface area contributed by atoms with Gasteiger partial charge in [0, 0.05) is 31.5 Å². The molecule has 0 aliphatic heterocycles. The molecule has 5 heteroatoms. The van der Waals surface area contributed by atoms with Crippen molar-refractivity contribution in [1.29, 1.82) is 0 Å². The second kappa shape index (κ2) is 8.37. The lowest BCUT2D eigenvalue weighted by Crippen LogP contribution is -2.45. The maximum atomic E-state index is 12.0. The van der Waals surface area contributed by atoms with E-state index in [0.29, 0.717) is 13.0 Å². The maximum absolute atomic E-state index is 12.0. The fourth-order valence-corrected chi connectivity index (χ4v) is 2.73. The van der Waals surface area contributed by atoms with Crippen LogP contribution in [0.1, 0.15) is 37.3 Å². The summed E-state index contributed by atoms with van der Waals surface area (Å²) in [6.07, 6.45) is 3.81. The van der Waals surface area contributed by atoms with Crippen LogP contribution in [0.25, 0.3) is 0 Å². The summed E-state index contributed by atoms with van der Waals surface area (Å²) in [5.74, 6) is 0.0173. The molecule has 1 aromatic carbocycles. The van der Waals surface area contributed by atoms with E-state index in [1.807, 2.05) is 30.3 Å². The third-order valence-corrected chi connectivity index (χ3v) is 4.16. The van der Waals surface area contributed by atoms with E-state index < -0.39 is 0 Å². The van der Waals surface area contributed by atoms with E-state index in [1.54, 1.807) is 7.11 Å². The zero-order valence-corrected chi connectivity index (χ0v) is 13.3. The monoisotopic (exact) mass is 312 g/mol. The predicted octanol–water partition coefficient (Wildman–Crippen LogP) is 2.43. The average Bonchev–Trinajstić information content (AvgIpc) is 2.42. The third-order valence-electron chi connectivity index (χ3n) is 4.16. The van der Waals surface area contributed by atoms with E-state index in [2.05, 4.69) is 5.32 Å². The van der Waals surface area contributed by atoms with Gasteiger partial charge in [-0.15, -0.1) is 12.4 Å². The lowest BCUT2D eigenvalue weighted by Gasteiger charge is -2.41. The zero-order chi connectivity index (χ0) is 14.4. The van der Waals surface area contributed by atoms with Crippen LogP contribution in [0.4, 0.5) is 0 Å². The van der Waals surface area contributed by atoms with Gasteiger partial charge in [-0.3, -0.25) is 4.79 Å². The van der Waals surface area contributed by atoms with Crippen molar-refractivity contribution in [3.63, 3.8) is 0 Å². The number of benzene rings is 1. The Balaban J connectivity index is 0.00000220. The number of nitrogens with one attached hydrogen (secondary N) is 1. The number of rotatable bonds is 7. The minimum atomic E-state index is -0.240. The third kappa shape index (κ3) is 4.99. The summed E-state index contributed by atoms with van der Waals surface area (Å²) in [7, 11) is 1.72. The molecule has 1 amide bonds. The number of hydrogen-bond donors (Lipinski definition) is 2. The quantitative estimate of drug-likeness (QED) is 0.812. The smallest absolute Gasteiger partial charge is 0.221 e. The summed E-state index contributed by atoms with van der Waals surface area (Å²) in [5, 5.41) is 3.01. The second-order valence-electron chi connectivity index (χ2n) is 5.78. The van der Waals surface area contributed by atoms with Gasteiger partial charge in [-0.05, 0) is 18.4 Å². The minimum Gasteiger partial charge on any atom is -0.384 e. The summed E-state index contributed by atoms with van der Waals surface area (Å²) >= 11 is 0. The Kier molecular flexibility index (Phi) is 7.15. The Labute approximate surface area is 132 Å². The Morgan fingerprint density at radius 1 is 1.38 bits per heavy atom. The number of ether oxygens (including phenoxy) is 1. The largest absolute Gasteiger partial charge is 0.384 e. The highest BCUT2D eigenvalue weighted by molar-refractivity contribution is 5.85. The van der Waals surface area contributed by atoms with Crippen LogP contribution in [-0.4, -0.2) is 26.2 Å². The predicted molar refractivity (Wildman–Crippen MR) is 86.4 cm³/mol. The lowest BCUT2D eigenvalue weighted by atomic mass is 9.69. The SMILES string of the molecule is COCC1(CNC(=O)CC(N)c2ccccc2)CCC1.Cl. The molecular formula is C16H25ClN2O2. The van der Waals surface area contributed by atoms with Gasteiger partial charge in [-0.2, -0.15) is 0 Å². The lowest BCUT2D eigenvalue weighted by molar-refractivity contribution is -0.122. The normalized spacial score (nSPS) is 17.2. The van der Waals surface area contributed by atoms with Crippen molar-refractivity contribution >= 4 is 18.3 Å². The summed E-state index contributed by atoms with van der Waals surface area (Å²) in [6.45, 7) is 1.42. The van der Waals surface area contributed by atoms with Gasteiger partial charge in [0.25, 0.3) is 0 Å². The molecule has 0 aromatic heterocycles. The molecule has 0 bridgehead atoms. The first-order chi connectivity index (χ1) is 9.65. The maximum Gasteiger partial charge on any atom is 0.221 e. The molecule has 1 aliphatic rings. The van der Waals surface area contributed by atoms with Gasteiger partial charge >= 0.3 is 0 Å². The van der Waals surface area contributed by atoms with Crippen LogP contribution >= 0.6 is 12.4 Å². The number of hydrogen-bond acceptors (Lipinski definition) is 3. The van der Waals surface area contributed by atoms with Gasteiger partial charge in [0.05, 0.1) is 6.61 Å². The molecule has 1 saturated carbocycles. The molecule has 0 heterocycles.